The predicted octanol–water partition coefficient (Wildman–Crippen LogP) is 10.5. The van der Waals surface area contributed by atoms with Crippen molar-refractivity contribution in [1.29, 1.82) is 0 Å². The van der Waals surface area contributed by atoms with Crippen molar-refractivity contribution in [2.75, 3.05) is 5.75 Å². The minimum atomic E-state index is 0. The van der Waals surface area contributed by atoms with Crippen molar-refractivity contribution in [2.24, 2.45) is 0 Å². The molecule has 1 radical (unpaired) electrons. The Kier molecular flexibility index (Phi) is 52.7. The molecule has 0 aliphatic carbocycles. The summed E-state index contributed by atoms with van der Waals surface area (Å²) in [6.07, 6.45) is 1.25. The number of aryl methyl sites for hydroxylation is 1. The second-order valence-corrected chi connectivity index (χ2v) is 6.15. The van der Waals surface area contributed by atoms with Gasteiger partial charge in [-0.25, -0.2) is 5.26 Å². The predicted molar refractivity (Wildman–Crippen MR) is 147 cm³/mol. The fourth-order valence-electron chi connectivity index (χ4n) is 1.72. The van der Waals surface area contributed by atoms with Crippen molar-refractivity contribution in [2.45, 2.75) is 75.7 Å². The molecule has 0 atom stereocenters. The van der Waals surface area contributed by atoms with E-state index in [4.69, 9.17) is 5.26 Å². The summed E-state index contributed by atoms with van der Waals surface area (Å²) >= 11 is 1.02. The van der Waals surface area contributed by atoms with E-state index in [-0.39, 0.29) is 32.7 Å². The van der Waals surface area contributed by atoms with Crippen LogP contribution in [0.15, 0.2) is 78.9 Å². The van der Waals surface area contributed by atoms with Crippen LogP contribution >= 0.6 is 12.0 Å². The number of fused-ring (bicyclic) bond motifs is 1. The Labute approximate surface area is 229 Å². The first-order valence-corrected chi connectivity index (χ1v) is 12.5. The van der Waals surface area contributed by atoms with Crippen LogP contribution in [0.1, 0.15) is 74.3 Å². The SMILES string of the molecule is CC.CC.CC.CCC.CCSOO.Cc1ccccc1.[Y].c1ccc2ccccc2c1. The summed E-state index contributed by atoms with van der Waals surface area (Å²) in [6.45, 7) is 20.2. The third-order valence-electron chi connectivity index (χ3n) is 2.77. The van der Waals surface area contributed by atoms with Crippen LogP contribution in [0.2, 0.25) is 0 Å². The smallest absolute Gasteiger partial charge is 0.0308 e. The van der Waals surface area contributed by atoms with Crippen LogP contribution in [0, 0.1) is 6.92 Å². The minimum absolute atomic E-state index is 0. The van der Waals surface area contributed by atoms with Crippen molar-refractivity contribution in [3.05, 3.63) is 84.4 Å². The summed E-state index contributed by atoms with van der Waals surface area (Å²) in [5.41, 5.74) is 1.32. The van der Waals surface area contributed by atoms with Crippen molar-refractivity contribution in [3.63, 3.8) is 0 Å². The van der Waals surface area contributed by atoms with Gasteiger partial charge in [0, 0.05) is 50.5 Å². The standard InChI is InChI=1S/C10H8.C7H8.C3H8.C2H6O2S.3C2H6.Y/c1-2-6-10-8-4-3-7-9(10)5-1;1-7-5-3-2-4-6-7;1-3-2;1-2-5-4-3;3*1-2;/h1-8H;2-6H,1H3;3H2,1-2H3;3H,2H2,1H3;3*1-2H3;. The van der Waals surface area contributed by atoms with Crippen LogP contribution in [0.25, 0.3) is 10.8 Å². The molecule has 0 fully saturated rings. The van der Waals surface area contributed by atoms with E-state index in [1.54, 1.807) is 0 Å². The molecular weight excluding hydrogens is 489 g/mol. The quantitative estimate of drug-likeness (QED) is 0.200. The fourth-order valence-corrected chi connectivity index (χ4v) is 1.83. The van der Waals surface area contributed by atoms with E-state index in [0.717, 1.165) is 17.8 Å². The second kappa shape index (κ2) is 40.6. The van der Waals surface area contributed by atoms with E-state index in [9.17, 15) is 0 Å². The summed E-state index contributed by atoms with van der Waals surface area (Å²) in [6, 6.07) is 27.0. The molecule has 0 aliphatic heterocycles. The largest absolute Gasteiger partial charge is 0.239 e. The molecule has 0 amide bonds. The number of hydrogen-bond acceptors (Lipinski definition) is 3. The van der Waals surface area contributed by atoms with Gasteiger partial charge in [-0.15, -0.1) is 0 Å². The summed E-state index contributed by atoms with van der Waals surface area (Å²) in [5, 5.41) is 10.1. The summed E-state index contributed by atoms with van der Waals surface area (Å²) in [7, 11) is 0. The summed E-state index contributed by atoms with van der Waals surface area (Å²) in [4.78, 5) is 0. The summed E-state index contributed by atoms with van der Waals surface area (Å²) < 4.78 is 3.61. The zero-order chi connectivity index (χ0) is 24.8. The Morgan fingerprint density at radius 3 is 1.06 bits per heavy atom. The molecule has 0 unspecified atom stereocenters. The molecule has 3 aromatic rings. The van der Waals surface area contributed by atoms with Gasteiger partial charge in [0.1, 0.15) is 0 Å². The fraction of sp³-hybridized carbons (Fsp3) is 0.429. The van der Waals surface area contributed by atoms with E-state index in [1.807, 2.05) is 66.7 Å². The molecule has 0 aliphatic rings. The van der Waals surface area contributed by atoms with Crippen LogP contribution < -0.4 is 0 Å². The average Bonchev–Trinajstić information content (AvgIpc) is 2.85. The van der Waals surface area contributed by atoms with E-state index < -0.39 is 0 Å². The maximum absolute atomic E-state index is 7.53. The molecule has 0 bridgehead atoms. The summed E-state index contributed by atoms with van der Waals surface area (Å²) in [5.74, 6) is 0.788. The van der Waals surface area contributed by atoms with Gasteiger partial charge in [0.2, 0.25) is 0 Å². The molecule has 181 valence electrons. The molecule has 0 heterocycles. The third-order valence-corrected chi connectivity index (χ3v) is 3.11. The van der Waals surface area contributed by atoms with Crippen molar-refractivity contribution < 1.29 is 42.3 Å². The first-order valence-electron chi connectivity index (χ1n) is 11.6. The third kappa shape index (κ3) is 31.5. The Balaban J connectivity index is -0.0000000987. The second-order valence-electron chi connectivity index (χ2n) is 5.19. The molecule has 3 aromatic carbocycles. The van der Waals surface area contributed by atoms with Crippen LogP contribution in [-0.2, 0) is 37.0 Å². The first kappa shape index (κ1) is 41.5. The van der Waals surface area contributed by atoms with Gasteiger partial charge in [0.05, 0.1) is 0 Å². The molecule has 4 heteroatoms. The van der Waals surface area contributed by atoms with E-state index in [2.05, 4.69) is 85.8 Å². The number of rotatable bonds is 2. The van der Waals surface area contributed by atoms with Crippen LogP contribution in [0.3, 0.4) is 0 Å². The zero-order valence-electron chi connectivity index (χ0n) is 22.3. The first-order chi connectivity index (χ1) is 15.2. The van der Waals surface area contributed by atoms with Gasteiger partial charge in [0.25, 0.3) is 0 Å². The Hall–Kier alpha value is -0.706. The Morgan fingerprint density at radius 1 is 0.625 bits per heavy atom. The number of hydrogen-bond donors (Lipinski definition) is 1. The molecule has 2 nitrogen and oxygen atoms in total. The van der Waals surface area contributed by atoms with E-state index in [0.29, 0.717) is 0 Å². The monoisotopic (exact) mass is 537 g/mol. The van der Waals surface area contributed by atoms with E-state index >= 15 is 0 Å². The molecule has 3 rings (SSSR count). The molecule has 0 spiro atoms. The number of benzene rings is 3. The van der Waals surface area contributed by atoms with Gasteiger partial charge in [-0.3, -0.25) is 0 Å². The topological polar surface area (TPSA) is 29.5 Å². The molecule has 1 N–H and O–H groups in total. The van der Waals surface area contributed by atoms with E-state index in [1.165, 1.54) is 22.8 Å². The maximum atomic E-state index is 7.53. The zero-order valence-corrected chi connectivity index (χ0v) is 25.9. The average molecular weight is 538 g/mol. The van der Waals surface area contributed by atoms with Gasteiger partial charge in [-0.1, -0.05) is 153 Å². The molecule has 32 heavy (non-hydrogen) atoms. The van der Waals surface area contributed by atoms with Gasteiger partial charge in [-0.05, 0) is 17.7 Å². The van der Waals surface area contributed by atoms with Crippen molar-refractivity contribution in [1.82, 2.24) is 0 Å². The molecule has 0 saturated heterocycles. The Bertz CT molecular complexity index is 582. The van der Waals surface area contributed by atoms with Crippen molar-refractivity contribution in [3.8, 4) is 0 Å². The van der Waals surface area contributed by atoms with Gasteiger partial charge < -0.3 is 0 Å². The maximum Gasteiger partial charge on any atom is 0.0308 e. The molecule has 0 saturated carbocycles. The molecule has 0 aromatic heterocycles. The van der Waals surface area contributed by atoms with Gasteiger partial charge in [0.15, 0.2) is 0 Å². The van der Waals surface area contributed by atoms with Crippen LogP contribution in [0.4, 0.5) is 0 Å². The Morgan fingerprint density at radius 2 is 0.906 bits per heavy atom. The normalized spacial score (nSPS) is 7.47. The minimum Gasteiger partial charge on any atom is -0.239 e. The van der Waals surface area contributed by atoms with Crippen LogP contribution in [-0.4, -0.2) is 11.0 Å². The molecular formula is C28H48O2SY. The van der Waals surface area contributed by atoms with Gasteiger partial charge in [-0.2, -0.15) is 4.33 Å². The van der Waals surface area contributed by atoms with Crippen molar-refractivity contribution >= 4 is 22.8 Å². The van der Waals surface area contributed by atoms with Gasteiger partial charge >= 0.3 is 0 Å². The van der Waals surface area contributed by atoms with Crippen LogP contribution in [0.5, 0.6) is 0 Å².